The monoisotopic (exact) mass is 370 g/mol. The molecule has 1 unspecified atom stereocenters. The van der Waals surface area contributed by atoms with Crippen molar-refractivity contribution in [3.05, 3.63) is 53.3 Å². The molecule has 3 heterocycles. The summed E-state index contributed by atoms with van der Waals surface area (Å²) in [5.41, 5.74) is 1.07. The van der Waals surface area contributed by atoms with E-state index < -0.39 is 23.8 Å². The Bertz CT molecular complexity index is 868. The quantitative estimate of drug-likeness (QED) is 0.726. The number of imide groups is 1. The number of ether oxygens (including phenoxy) is 1. The molecule has 1 aromatic heterocycles. The Morgan fingerprint density at radius 3 is 2.33 bits per heavy atom. The van der Waals surface area contributed by atoms with Crippen LogP contribution in [-0.2, 0) is 21.4 Å². The van der Waals surface area contributed by atoms with Crippen LogP contribution in [0.3, 0.4) is 0 Å². The highest BCUT2D eigenvalue weighted by Gasteiger charge is 2.41. The third kappa shape index (κ3) is 3.11. The van der Waals surface area contributed by atoms with Crippen LogP contribution < -0.4 is 0 Å². The molecule has 2 aliphatic heterocycles. The van der Waals surface area contributed by atoms with Gasteiger partial charge in [0, 0.05) is 31.9 Å². The number of aryl methyl sites for hydroxylation is 1. The van der Waals surface area contributed by atoms with E-state index in [-0.39, 0.29) is 11.1 Å². The van der Waals surface area contributed by atoms with E-state index in [1.54, 1.807) is 36.3 Å². The van der Waals surface area contributed by atoms with Crippen molar-refractivity contribution in [3.8, 4) is 0 Å². The lowest BCUT2D eigenvalue weighted by molar-refractivity contribution is -0.177. The van der Waals surface area contributed by atoms with Gasteiger partial charge in [0.2, 0.25) is 0 Å². The molecule has 0 aliphatic carbocycles. The summed E-state index contributed by atoms with van der Waals surface area (Å²) in [6.45, 7) is 2.02. The third-order valence-corrected chi connectivity index (χ3v) is 4.61. The summed E-state index contributed by atoms with van der Waals surface area (Å²) in [6, 6.07) is 5.59. The average molecular weight is 370 g/mol. The molecule has 0 radical (unpaired) electrons. The lowest BCUT2D eigenvalue weighted by Crippen LogP contribution is -2.45. The normalized spacial score (nSPS) is 18.5. The molecular formula is C18H18N4O5. The second kappa shape index (κ2) is 6.93. The molecule has 0 N–H and O–H groups in total. The van der Waals surface area contributed by atoms with Crippen molar-refractivity contribution in [2.75, 3.05) is 26.3 Å². The predicted octanol–water partition coefficient (Wildman–Crippen LogP) is 0.548. The number of amides is 2. The average Bonchev–Trinajstić information content (AvgIpc) is 3.20. The zero-order valence-electron chi connectivity index (χ0n) is 14.7. The second-order valence-corrected chi connectivity index (χ2v) is 6.36. The van der Waals surface area contributed by atoms with Gasteiger partial charge in [0.25, 0.3) is 11.8 Å². The van der Waals surface area contributed by atoms with Crippen LogP contribution in [0.15, 0.2) is 36.7 Å². The van der Waals surface area contributed by atoms with E-state index in [1.807, 2.05) is 4.90 Å². The van der Waals surface area contributed by atoms with Gasteiger partial charge in [-0.15, -0.1) is 0 Å². The molecule has 0 bridgehead atoms. The van der Waals surface area contributed by atoms with Crippen molar-refractivity contribution in [2.45, 2.75) is 6.04 Å². The Hall–Kier alpha value is -3.04. The zero-order chi connectivity index (χ0) is 19.0. The first kappa shape index (κ1) is 17.4. The van der Waals surface area contributed by atoms with Gasteiger partial charge in [-0.2, -0.15) is 5.10 Å². The van der Waals surface area contributed by atoms with Crippen LogP contribution in [0.1, 0.15) is 32.3 Å². The van der Waals surface area contributed by atoms with Gasteiger partial charge >= 0.3 is 5.97 Å². The van der Waals surface area contributed by atoms with E-state index in [2.05, 4.69) is 5.10 Å². The fourth-order valence-electron chi connectivity index (χ4n) is 3.30. The summed E-state index contributed by atoms with van der Waals surface area (Å²) < 4.78 is 6.93. The van der Waals surface area contributed by atoms with Crippen LogP contribution in [0.25, 0.3) is 0 Å². The van der Waals surface area contributed by atoms with Gasteiger partial charge in [-0.05, 0) is 12.1 Å². The molecule has 1 aromatic carbocycles. The minimum Gasteiger partial charge on any atom is -0.379 e. The van der Waals surface area contributed by atoms with Gasteiger partial charge in [0.05, 0.1) is 30.5 Å². The first-order chi connectivity index (χ1) is 13.1. The summed E-state index contributed by atoms with van der Waals surface area (Å²) in [6.07, 6.45) is 3.29. The molecule has 4 rings (SSSR count). The van der Waals surface area contributed by atoms with Gasteiger partial charge < -0.3 is 9.57 Å². The Kier molecular flexibility index (Phi) is 4.46. The smallest absolute Gasteiger partial charge is 0.354 e. The summed E-state index contributed by atoms with van der Waals surface area (Å²) >= 11 is 0. The Labute approximate surface area is 155 Å². The molecule has 1 fully saturated rings. The highest BCUT2D eigenvalue weighted by atomic mass is 16.7. The number of hydrogen-bond acceptors (Lipinski definition) is 7. The molecule has 27 heavy (non-hydrogen) atoms. The molecule has 140 valence electrons. The largest absolute Gasteiger partial charge is 0.379 e. The van der Waals surface area contributed by atoms with Gasteiger partial charge in [-0.1, -0.05) is 17.2 Å². The van der Waals surface area contributed by atoms with E-state index in [9.17, 15) is 14.4 Å². The van der Waals surface area contributed by atoms with Crippen molar-refractivity contribution in [1.29, 1.82) is 0 Å². The summed E-state index contributed by atoms with van der Waals surface area (Å²) in [5.74, 6) is -1.99. The number of benzene rings is 1. The number of fused-ring (bicyclic) bond motifs is 1. The number of rotatable bonds is 4. The van der Waals surface area contributed by atoms with E-state index in [1.165, 1.54) is 12.1 Å². The van der Waals surface area contributed by atoms with E-state index >= 15 is 0 Å². The maximum atomic E-state index is 13.0. The molecule has 1 atom stereocenters. The number of carbonyl (C=O) groups is 3. The van der Waals surface area contributed by atoms with Gasteiger partial charge in [0.1, 0.15) is 6.04 Å². The van der Waals surface area contributed by atoms with E-state index in [0.29, 0.717) is 36.9 Å². The van der Waals surface area contributed by atoms with Gasteiger partial charge in [0.15, 0.2) is 0 Å². The van der Waals surface area contributed by atoms with Crippen LogP contribution in [-0.4, -0.2) is 63.8 Å². The molecular weight excluding hydrogens is 352 g/mol. The van der Waals surface area contributed by atoms with Gasteiger partial charge in [-0.3, -0.25) is 19.2 Å². The van der Waals surface area contributed by atoms with E-state index in [0.717, 1.165) is 0 Å². The van der Waals surface area contributed by atoms with Gasteiger partial charge in [-0.25, -0.2) is 4.79 Å². The first-order valence-corrected chi connectivity index (χ1v) is 8.56. The van der Waals surface area contributed by atoms with Crippen molar-refractivity contribution < 1.29 is 24.0 Å². The number of hydrogen-bond donors (Lipinski definition) is 0. The Morgan fingerprint density at radius 1 is 1.15 bits per heavy atom. The lowest BCUT2D eigenvalue weighted by atomic mass is 10.1. The molecule has 2 aliphatic rings. The highest BCUT2D eigenvalue weighted by Crippen LogP contribution is 2.27. The van der Waals surface area contributed by atoms with Crippen molar-refractivity contribution in [1.82, 2.24) is 19.7 Å². The molecule has 0 saturated carbocycles. The van der Waals surface area contributed by atoms with E-state index in [4.69, 9.17) is 9.57 Å². The SMILES string of the molecule is Cn1cc(C(C(=O)ON2C(=O)c3ccccc3C2=O)N2CCOCC2)cn1. The Balaban J connectivity index is 1.59. The highest BCUT2D eigenvalue weighted by molar-refractivity contribution is 6.20. The maximum Gasteiger partial charge on any atom is 0.354 e. The van der Waals surface area contributed by atoms with Crippen LogP contribution >= 0.6 is 0 Å². The molecule has 2 amide bonds. The van der Waals surface area contributed by atoms with Crippen molar-refractivity contribution >= 4 is 17.8 Å². The van der Waals surface area contributed by atoms with Crippen LogP contribution in [0, 0.1) is 0 Å². The number of nitrogens with zero attached hydrogens (tertiary/aromatic N) is 4. The maximum absolute atomic E-state index is 13.0. The third-order valence-electron chi connectivity index (χ3n) is 4.61. The Morgan fingerprint density at radius 2 is 1.78 bits per heavy atom. The number of morpholine rings is 1. The summed E-state index contributed by atoms with van der Waals surface area (Å²) in [5, 5.41) is 4.65. The topological polar surface area (TPSA) is 94.0 Å². The van der Waals surface area contributed by atoms with Crippen molar-refractivity contribution in [2.24, 2.45) is 7.05 Å². The molecule has 1 saturated heterocycles. The van der Waals surface area contributed by atoms with Crippen LogP contribution in [0.5, 0.6) is 0 Å². The lowest BCUT2D eigenvalue weighted by Gasteiger charge is -2.32. The molecule has 9 nitrogen and oxygen atoms in total. The number of aromatic nitrogens is 2. The predicted molar refractivity (Wildman–Crippen MR) is 91.4 cm³/mol. The van der Waals surface area contributed by atoms with Crippen LogP contribution in [0.2, 0.25) is 0 Å². The molecule has 0 spiro atoms. The summed E-state index contributed by atoms with van der Waals surface area (Å²) in [7, 11) is 1.75. The van der Waals surface area contributed by atoms with Crippen LogP contribution in [0.4, 0.5) is 0 Å². The standard InChI is InChI=1S/C18H18N4O5/c1-20-11-12(10-19-20)15(21-6-8-26-9-7-21)18(25)27-22-16(23)13-4-2-3-5-14(13)17(22)24/h2-5,10-11,15H,6-9H2,1H3. The molecule has 9 heteroatoms. The summed E-state index contributed by atoms with van der Waals surface area (Å²) in [4.78, 5) is 45.0. The van der Waals surface area contributed by atoms with Crippen molar-refractivity contribution in [3.63, 3.8) is 0 Å². The first-order valence-electron chi connectivity index (χ1n) is 8.56. The fourth-order valence-corrected chi connectivity index (χ4v) is 3.30. The minimum absolute atomic E-state index is 0.222. The number of carbonyl (C=O) groups excluding carboxylic acids is 3. The second-order valence-electron chi connectivity index (χ2n) is 6.36. The fraction of sp³-hybridized carbons (Fsp3) is 0.333. The molecule has 2 aromatic rings. The minimum atomic E-state index is -0.785. The zero-order valence-corrected chi connectivity index (χ0v) is 14.7. The number of hydroxylamine groups is 2.